The zero-order chi connectivity index (χ0) is 12.2. The molecule has 1 heterocycles. The maximum atomic E-state index is 11.4. The van der Waals surface area contributed by atoms with E-state index >= 15 is 0 Å². The van der Waals surface area contributed by atoms with E-state index in [-0.39, 0.29) is 5.75 Å². The van der Waals surface area contributed by atoms with Crippen LogP contribution in [0.2, 0.25) is 5.15 Å². The Morgan fingerprint density at radius 2 is 2.19 bits per heavy atom. The van der Waals surface area contributed by atoms with Crippen molar-refractivity contribution in [3.63, 3.8) is 0 Å². The van der Waals surface area contributed by atoms with Crippen molar-refractivity contribution in [3.05, 3.63) is 23.5 Å². The lowest BCUT2D eigenvalue weighted by atomic mass is 10.4. The summed E-state index contributed by atoms with van der Waals surface area (Å²) in [5, 5.41) is 3.34. The molecule has 0 atom stereocenters. The van der Waals surface area contributed by atoms with E-state index in [2.05, 4.69) is 10.3 Å². The topological polar surface area (TPSA) is 62.3 Å². The Balaban J connectivity index is 2.48. The Morgan fingerprint density at radius 1 is 1.50 bits per heavy atom. The molecule has 0 amide bonds. The van der Waals surface area contributed by atoms with Crippen LogP contribution >= 0.6 is 11.6 Å². The van der Waals surface area contributed by atoms with Crippen LogP contribution in [0.25, 0.3) is 0 Å². The van der Waals surface area contributed by atoms with Crippen molar-refractivity contribution in [2.75, 3.05) is 31.7 Å². The van der Waals surface area contributed by atoms with Gasteiger partial charge in [-0.25, -0.2) is 17.7 Å². The minimum atomic E-state index is -3.16. The summed E-state index contributed by atoms with van der Waals surface area (Å²) >= 11 is 5.69. The van der Waals surface area contributed by atoms with Gasteiger partial charge in [0.05, 0.1) is 5.75 Å². The van der Waals surface area contributed by atoms with Crippen LogP contribution in [0.5, 0.6) is 0 Å². The summed E-state index contributed by atoms with van der Waals surface area (Å²) in [5.74, 6) is 0.0416. The van der Waals surface area contributed by atoms with E-state index in [0.717, 1.165) is 5.69 Å². The molecular weight excluding hydrogens is 250 g/mol. The zero-order valence-electron chi connectivity index (χ0n) is 9.14. The molecule has 1 rings (SSSR count). The van der Waals surface area contributed by atoms with Gasteiger partial charge in [0, 0.05) is 32.5 Å². The van der Waals surface area contributed by atoms with E-state index in [1.807, 2.05) is 0 Å². The molecule has 16 heavy (non-hydrogen) atoms. The lowest BCUT2D eigenvalue weighted by Gasteiger charge is -2.12. The van der Waals surface area contributed by atoms with E-state index in [4.69, 9.17) is 11.6 Å². The smallest absolute Gasteiger partial charge is 0.215 e. The summed E-state index contributed by atoms with van der Waals surface area (Å²) in [7, 11) is -0.131. The molecule has 0 unspecified atom stereocenters. The van der Waals surface area contributed by atoms with Gasteiger partial charge in [-0.2, -0.15) is 0 Å². The van der Waals surface area contributed by atoms with Gasteiger partial charge in [0.15, 0.2) is 0 Å². The lowest BCUT2D eigenvalue weighted by Crippen LogP contribution is -2.28. The molecular formula is C9H14ClN3O2S. The van der Waals surface area contributed by atoms with Crippen molar-refractivity contribution in [1.29, 1.82) is 0 Å². The van der Waals surface area contributed by atoms with Gasteiger partial charge < -0.3 is 5.32 Å². The summed E-state index contributed by atoms with van der Waals surface area (Å²) in [6.07, 6.45) is 1.56. The second-order valence-corrected chi connectivity index (χ2v) is 6.08. The van der Waals surface area contributed by atoms with Gasteiger partial charge in [0.25, 0.3) is 0 Å². The molecule has 90 valence electrons. The third-order valence-electron chi connectivity index (χ3n) is 1.97. The number of sulfonamides is 1. The van der Waals surface area contributed by atoms with Crippen LogP contribution in [0.1, 0.15) is 0 Å². The third-order valence-corrected chi connectivity index (χ3v) is 4.01. The molecule has 7 heteroatoms. The molecule has 0 saturated heterocycles. The monoisotopic (exact) mass is 263 g/mol. The van der Waals surface area contributed by atoms with Crippen LogP contribution in [-0.2, 0) is 10.0 Å². The summed E-state index contributed by atoms with van der Waals surface area (Å²) in [6.45, 7) is 0.334. The molecule has 0 bridgehead atoms. The fourth-order valence-electron chi connectivity index (χ4n) is 1.02. The number of nitrogens with one attached hydrogen (secondary N) is 1. The average molecular weight is 264 g/mol. The molecule has 1 aromatic heterocycles. The third kappa shape index (κ3) is 3.96. The normalized spacial score (nSPS) is 11.8. The number of nitrogens with zero attached hydrogens (tertiary/aromatic N) is 2. The molecule has 1 N–H and O–H groups in total. The highest BCUT2D eigenvalue weighted by Gasteiger charge is 2.12. The first-order valence-electron chi connectivity index (χ1n) is 4.67. The average Bonchev–Trinajstić information content (AvgIpc) is 2.17. The van der Waals surface area contributed by atoms with Crippen LogP contribution in [-0.4, -0.2) is 44.1 Å². The number of aromatic nitrogens is 1. The SMILES string of the molecule is CN(C)S(=O)(=O)CCNc1ccnc(Cl)c1. The minimum Gasteiger partial charge on any atom is -0.384 e. The lowest BCUT2D eigenvalue weighted by molar-refractivity contribution is 0.521. The number of anilines is 1. The van der Waals surface area contributed by atoms with Crippen molar-refractivity contribution >= 4 is 27.3 Å². The van der Waals surface area contributed by atoms with Gasteiger partial charge in [-0.05, 0) is 12.1 Å². The van der Waals surface area contributed by atoms with Crippen molar-refractivity contribution in [3.8, 4) is 0 Å². The first kappa shape index (κ1) is 13.2. The highest BCUT2D eigenvalue weighted by Crippen LogP contribution is 2.11. The largest absolute Gasteiger partial charge is 0.384 e. The number of hydrogen-bond donors (Lipinski definition) is 1. The summed E-state index contributed by atoms with van der Waals surface area (Å²) in [5.41, 5.74) is 0.758. The number of hydrogen-bond acceptors (Lipinski definition) is 4. The second-order valence-electron chi connectivity index (χ2n) is 3.39. The van der Waals surface area contributed by atoms with E-state index in [1.54, 1.807) is 18.3 Å². The first-order chi connectivity index (χ1) is 7.42. The van der Waals surface area contributed by atoms with Crippen molar-refractivity contribution in [1.82, 2.24) is 9.29 Å². The Morgan fingerprint density at radius 3 is 2.75 bits per heavy atom. The van der Waals surface area contributed by atoms with E-state index in [9.17, 15) is 8.42 Å². The number of rotatable bonds is 5. The fraction of sp³-hybridized carbons (Fsp3) is 0.444. The molecule has 1 aromatic rings. The predicted octanol–water partition coefficient (Wildman–Crippen LogP) is 1.04. The maximum absolute atomic E-state index is 11.4. The van der Waals surface area contributed by atoms with Crippen molar-refractivity contribution < 1.29 is 8.42 Å². The van der Waals surface area contributed by atoms with Gasteiger partial charge in [0.1, 0.15) is 5.15 Å². The van der Waals surface area contributed by atoms with Gasteiger partial charge in [0.2, 0.25) is 10.0 Å². The van der Waals surface area contributed by atoms with Gasteiger partial charge in [-0.15, -0.1) is 0 Å². The second kappa shape index (κ2) is 5.47. The van der Waals surface area contributed by atoms with Gasteiger partial charge in [-0.3, -0.25) is 0 Å². The molecule has 0 fully saturated rings. The Labute approximate surface area is 100 Å². The van der Waals surface area contributed by atoms with E-state index < -0.39 is 10.0 Å². The van der Waals surface area contributed by atoms with Crippen LogP contribution in [0, 0.1) is 0 Å². The maximum Gasteiger partial charge on any atom is 0.215 e. The highest BCUT2D eigenvalue weighted by molar-refractivity contribution is 7.89. The van der Waals surface area contributed by atoms with Crippen LogP contribution in [0.4, 0.5) is 5.69 Å². The predicted molar refractivity (Wildman–Crippen MR) is 65.2 cm³/mol. The molecule has 0 aliphatic carbocycles. The number of halogens is 1. The van der Waals surface area contributed by atoms with Crippen LogP contribution < -0.4 is 5.32 Å². The zero-order valence-corrected chi connectivity index (χ0v) is 10.7. The molecule has 0 radical (unpaired) electrons. The van der Waals surface area contributed by atoms with Gasteiger partial charge >= 0.3 is 0 Å². The Bertz CT molecular complexity index is 448. The summed E-state index contributed by atoms with van der Waals surface area (Å²) < 4.78 is 24.1. The Kier molecular flexibility index (Phi) is 4.52. The van der Waals surface area contributed by atoms with Gasteiger partial charge in [-0.1, -0.05) is 11.6 Å². The molecule has 0 spiro atoms. The highest BCUT2D eigenvalue weighted by atomic mass is 35.5. The minimum absolute atomic E-state index is 0.0416. The Hall–Kier alpha value is -0.850. The molecule has 0 saturated carbocycles. The number of pyridine rings is 1. The molecule has 0 aliphatic heterocycles. The van der Waals surface area contributed by atoms with Crippen molar-refractivity contribution in [2.45, 2.75) is 0 Å². The molecule has 0 aromatic carbocycles. The standard InChI is InChI=1S/C9H14ClN3O2S/c1-13(2)16(14,15)6-5-11-8-3-4-12-9(10)7-8/h3-4,7H,5-6H2,1-2H3,(H,11,12). The van der Waals surface area contributed by atoms with Crippen molar-refractivity contribution in [2.24, 2.45) is 0 Å². The fourth-order valence-corrected chi connectivity index (χ4v) is 1.92. The first-order valence-corrected chi connectivity index (χ1v) is 6.66. The van der Waals surface area contributed by atoms with Crippen LogP contribution in [0.15, 0.2) is 18.3 Å². The van der Waals surface area contributed by atoms with Crippen LogP contribution in [0.3, 0.4) is 0 Å². The summed E-state index contributed by atoms with van der Waals surface area (Å²) in [6, 6.07) is 3.37. The summed E-state index contributed by atoms with van der Waals surface area (Å²) in [4.78, 5) is 3.82. The van der Waals surface area contributed by atoms with E-state index in [1.165, 1.54) is 18.4 Å². The quantitative estimate of drug-likeness (QED) is 0.807. The molecule has 5 nitrogen and oxygen atoms in total. The van der Waals surface area contributed by atoms with E-state index in [0.29, 0.717) is 11.7 Å². The molecule has 0 aliphatic rings.